The number of hydrogen-bond acceptors (Lipinski definition) is 4. The predicted molar refractivity (Wildman–Crippen MR) is 109 cm³/mol. The van der Waals surface area contributed by atoms with E-state index < -0.39 is 30.4 Å². The summed E-state index contributed by atoms with van der Waals surface area (Å²) in [5.41, 5.74) is 0.814. The number of aromatic nitrogens is 2. The number of methoxy groups -OCH3 is 1. The lowest BCUT2D eigenvalue weighted by Gasteiger charge is -2.21. The Hall–Kier alpha value is -3.56. The molecular formula is C21H21F3N4O3. The molecule has 164 valence electrons. The molecule has 0 unspecified atom stereocenters. The Morgan fingerprint density at radius 2 is 1.90 bits per heavy atom. The van der Waals surface area contributed by atoms with E-state index in [0.29, 0.717) is 11.4 Å². The monoisotopic (exact) mass is 434 g/mol. The fraction of sp³-hybridized carbons (Fsp3) is 0.286. The SMILES string of the molecule is CCN(CC(=O)Nc1cccc(OC)c1)C(=O)Cn1c(C(F)(F)F)nc2ccccc21. The summed E-state index contributed by atoms with van der Waals surface area (Å²) in [5.74, 6) is -1.71. The first-order chi connectivity index (χ1) is 14.7. The number of rotatable bonds is 7. The van der Waals surface area contributed by atoms with Crippen LogP contribution in [-0.2, 0) is 22.3 Å². The van der Waals surface area contributed by atoms with Crippen molar-refractivity contribution in [3.63, 3.8) is 0 Å². The van der Waals surface area contributed by atoms with Crippen LogP contribution >= 0.6 is 0 Å². The Morgan fingerprint density at radius 3 is 2.58 bits per heavy atom. The molecule has 3 rings (SSSR count). The standard InChI is InChI=1S/C21H21F3N4O3/c1-3-27(12-18(29)25-14-7-6-8-15(11-14)31-2)19(30)13-28-17-10-5-4-9-16(17)26-20(28)21(22,23)24/h4-11H,3,12-13H2,1-2H3,(H,25,29). The van der Waals surface area contributed by atoms with Crippen molar-refractivity contribution in [3.05, 3.63) is 54.4 Å². The average molecular weight is 434 g/mol. The first-order valence-corrected chi connectivity index (χ1v) is 9.47. The zero-order valence-electron chi connectivity index (χ0n) is 16.9. The molecule has 1 N–H and O–H groups in total. The summed E-state index contributed by atoms with van der Waals surface area (Å²) in [6, 6.07) is 12.7. The zero-order chi connectivity index (χ0) is 22.6. The molecule has 7 nitrogen and oxygen atoms in total. The smallest absolute Gasteiger partial charge is 0.449 e. The van der Waals surface area contributed by atoms with Gasteiger partial charge in [-0.15, -0.1) is 0 Å². The Kier molecular flexibility index (Phi) is 6.47. The first kappa shape index (κ1) is 22.1. The molecule has 2 aromatic carbocycles. The second-order valence-electron chi connectivity index (χ2n) is 6.70. The third-order valence-electron chi connectivity index (χ3n) is 4.62. The number of imidazole rings is 1. The first-order valence-electron chi connectivity index (χ1n) is 9.47. The van der Waals surface area contributed by atoms with E-state index in [0.717, 1.165) is 4.57 Å². The Bertz CT molecular complexity index is 1090. The summed E-state index contributed by atoms with van der Waals surface area (Å²) in [6.45, 7) is 0.905. The van der Waals surface area contributed by atoms with E-state index >= 15 is 0 Å². The predicted octanol–water partition coefficient (Wildman–Crippen LogP) is 3.55. The maximum Gasteiger partial charge on any atom is 0.449 e. The molecule has 0 saturated heterocycles. The van der Waals surface area contributed by atoms with Crippen LogP contribution in [0.2, 0.25) is 0 Å². The van der Waals surface area contributed by atoms with Gasteiger partial charge in [0.05, 0.1) is 24.7 Å². The number of anilines is 1. The summed E-state index contributed by atoms with van der Waals surface area (Å²) in [5, 5.41) is 2.65. The number of nitrogens with one attached hydrogen (secondary N) is 1. The van der Waals surface area contributed by atoms with Crippen LogP contribution in [0.25, 0.3) is 11.0 Å². The Labute approximate surface area is 176 Å². The van der Waals surface area contributed by atoms with Gasteiger partial charge in [0.25, 0.3) is 0 Å². The van der Waals surface area contributed by atoms with Crippen LogP contribution in [0, 0.1) is 0 Å². The summed E-state index contributed by atoms with van der Waals surface area (Å²) in [6.07, 6.45) is -4.72. The fourth-order valence-corrected chi connectivity index (χ4v) is 3.14. The number of amides is 2. The molecule has 0 bridgehead atoms. The molecule has 3 aromatic rings. The van der Waals surface area contributed by atoms with Crippen molar-refractivity contribution in [2.24, 2.45) is 0 Å². The van der Waals surface area contributed by atoms with Gasteiger partial charge in [0.1, 0.15) is 12.3 Å². The largest absolute Gasteiger partial charge is 0.497 e. The highest BCUT2D eigenvalue weighted by Crippen LogP contribution is 2.31. The number of likely N-dealkylation sites (N-methyl/N-ethyl adjacent to an activating group) is 1. The summed E-state index contributed by atoms with van der Waals surface area (Å²) >= 11 is 0. The molecule has 0 saturated carbocycles. The molecule has 0 atom stereocenters. The number of alkyl halides is 3. The van der Waals surface area contributed by atoms with Crippen molar-refractivity contribution in [2.75, 3.05) is 25.5 Å². The van der Waals surface area contributed by atoms with E-state index in [1.807, 2.05) is 0 Å². The maximum atomic E-state index is 13.5. The summed E-state index contributed by atoms with van der Waals surface area (Å²) < 4.78 is 46.3. The van der Waals surface area contributed by atoms with Gasteiger partial charge in [0.15, 0.2) is 0 Å². The van der Waals surface area contributed by atoms with E-state index in [9.17, 15) is 22.8 Å². The molecule has 0 spiro atoms. The van der Waals surface area contributed by atoms with E-state index in [4.69, 9.17) is 4.74 Å². The van der Waals surface area contributed by atoms with Gasteiger partial charge in [0.2, 0.25) is 17.6 Å². The molecule has 10 heteroatoms. The third kappa shape index (κ3) is 5.14. The van der Waals surface area contributed by atoms with Gasteiger partial charge in [0, 0.05) is 18.3 Å². The van der Waals surface area contributed by atoms with Crippen molar-refractivity contribution in [3.8, 4) is 5.75 Å². The summed E-state index contributed by atoms with van der Waals surface area (Å²) in [7, 11) is 1.49. The minimum Gasteiger partial charge on any atom is -0.497 e. The van der Waals surface area contributed by atoms with E-state index in [2.05, 4.69) is 10.3 Å². The van der Waals surface area contributed by atoms with Gasteiger partial charge < -0.3 is 19.5 Å². The van der Waals surface area contributed by atoms with Crippen molar-refractivity contribution in [2.45, 2.75) is 19.6 Å². The van der Waals surface area contributed by atoms with Crippen LogP contribution in [0.3, 0.4) is 0 Å². The average Bonchev–Trinajstić information content (AvgIpc) is 3.11. The van der Waals surface area contributed by atoms with E-state index in [1.54, 1.807) is 43.3 Å². The van der Waals surface area contributed by atoms with Gasteiger partial charge in [-0.05, 0) is 31.2 Å². The van der Waals surface area contributed by atoms with Crippen molar-refractivity contribution >= 4 is 28.5 Å². The van der Waals surface area contributed by atoms with Crippen LogP contribution in [0.4, 0.5) is 18.9 Å². The molecule has 1 heterocycles. The van der Waals surface area contributed by atoms with Crippen LogP contribution in [0.1, 0.15) is 12.7 Å². The van der Waals surface area contributed by atoms with Crippen molar-refractivity contribution in [1.29, 1.82) is 0 Å². The lowest BCUT2D eigenvalue weighted by Crippen LogP contribution is -2.40. The van der Waals surface area contributed by atoms with Crippen molar-refractivity contribution in [1.82, 2.24) is 14.5 Å². The second kappa shape index (κ2) is 9.07. The van der Waals surface area contributed by atoms with Gasteiger partial charge in [-0.25, -0.2) is 4.98 Å². The number of benzene rings is 2. The number of fused-ring (bicyclic) bond motifs is 1. The zero-order valence-corrected chi connectivity index (χ0v) is 16.9. The lowest BCUT2D eigenvalue weighted by molar-refractivity contribution is -0.148. The van der Waals surface area contributed by atoms with E-state index in [-0.39, 0.29) is 24.1 Å². The molecule has 2 amide bonds. The molecule has 0 aliphatic heterocycles. The van der Waals surface area contributed by atoms with Crippen LogP contribution < -0.4 is 10.1 Å². The molecular weight excluding hydrogens is 413 g/mol. The highest BCUT2D eigenvalue weighted by atomic mass is 19.4. The second-order valence-corrected chi connectivity index (χ2v) is 6.70. The number of ether oxygens (including phenoxy) is 1. The summed E-state index contributed by atoms with van der Waals surface area (Å²) in [4.78, 5) is 30.0. The van der Waals surface area contributed by atoms with E-state index in [1.165, 1.54) is 24.1 Å². The molecule has 0 aliphatic carbocycles. The molecule has 0 aliphatic rings. The quantitative estimate of drug-likeness (QED) is 0.617. The maximum absolute atomic E-state index is 13.5. The molecule has 0 fully saturated rings. The topological polar surface area (TPSA) is 76.5 Å². The Balaban J connectivity index is 1.76. The van der Waals surface area contributed by atoms with Crippen LogP contribution in [0.15, 0.2) is 48.5 Å². The highest BCUT2D eigenvalue weighted by Gasteiger charge is 2.38. The number of nitrogens with zero attached hydrogens (tertiary/aromatic N) is 3. The van der Waals surface area contributed by atoms with Gasteiger partial charge >= 0.3 is 6.18 Å². The fourth-order valence-electron chi connectivity index (χ4n) is 3.14. The number of para-hydroxylation sites is 2. The van der Waals surface area contributed by atoms with Crippen LogP contribution in [0.5, 0.6) is 5.75 Å². The number of carbonyl (C=O) groups is 2. The molecule has 31 heavy (non-hydrogen) atoms. The molecule has 1 aromatic heterocycles. The van der Waals surface area contributed by atoms with Crippen molar-refractivity contribution < 1.29 is 27.5 Å². The normalized spacial score (nSPS) is 11.4. The number of carbonyl (C=O) groups excluding carboxylic acids is 2. The highest BCUT2D eigenvalue weighted by molar-refractivity contribution is 5.94. The van der Waals surface area contributed by atoms with Gasteiger partial charge in [-0.1, -0.05) is 18.2 Å². The minimum absolute atomic E-state index is 0.140. The minimum atomic E-state index is -4.72. The molecule has 0 radical (unpaired) electrons. The number of hydrogen-bond donors (Lipinski definition) is 1. The Morgan fingerprint density at radius 1 is 1.16 bits per heavy atom. The lowest BCUT2D eigenvalue weighted by atomic mass is 10.3. The van der Waals surface area contributed by atoms with Gasteiger partial charge in [-0.3, -0.25) is 9.59 Å². The number of halogens is 3. The van der Waals surface area contributed by atoms with Crippen LogP contribution in [-0.4, -0.2) is 46.5 Å². The van der Waals surface area contributed by atoms with Gasteiger partial charge in [-0.2, -0.15) is 13.2 Å². The third-order valence-corrected chi connectivity index (χ3v) is 4.62.